The maximum atomic E-state index is 13.0. The van der Waals surface area contributed by atoms with Crippen LogP contribution < -0.4 is 10.2 Å². The highest BCUT2D eigenvalue weighted by Crippen LogP contribution is 2.24. The van der Waals surface area contributed by atoms with Crippen molar-refractivity contribution >= 4 is 28.9 Å². The van der Waals surface area contributed by atoms with Crippen LogP contribution in [0.1, 0.15) is 17.3 Å². The molecule has 3 nitrogen and oxygen atoms in total. The number of amides is 1. The number of rotatable bonds is 4. The van der Waals surface area contributed by atoms with E-state index in [1.807, 2.05) is 6.92 Å². The Morgan fingerprint density at radius 1 is 1.24 bits per heavy atom. The smallest absolute Gasteiger partial charge is 0.260 e. The van der Waals surface area contributed by atoms with Crippen molar-refractivity contribution in [3.05, 3.63) is 58.9 Å². The van der Waals surface area contributed by atoms with E-state index in [9.17, 15) is 9.18 Å². The molecule has 2 rings (SSSR count). The van der Waals surface area contributed by atoms with Gasteiger partial charge in [-0.1, -0.05) is 11.6 Å². The molecule has 0 saturated heterocycles. The highest BCUT2D eigenvalue weighted by Gasteiger charge is 2.17. The van der Waals surface area contributed by atoms with Gasteiger partial charge in [0, 0.05) is 30.0 Å². The van der Waals surface area contributed by atoms with Crippen LogP contribution in [0.4, 0.5) is 15.8 Å². The van der Waals surface area contributed by atoms with Gasteiger partial charge in [-0.05, 0) is 49.4 Å². The number of carbonyl (C=O) groups excluding carboxylic acids is 1. The number of nitrogens with one attached hydrogen (secondary N) is 1. The lowest BCUT2D eigenvalue weighted by Gasteiger charge is -2.19. The third-order valence-electron chi connectivity index (χ3n) is 3.10. The van der Waals surface area contributed by atoms with Gasteiger partial charge in [0.25, 0.3) is 5.91 Å². The minimum absolute atomic E-state index is 0.208. The van der Waals surface area contributed by atoms with Gasteiger partial charge in [0.1, 0.15) is 5.82 Å². The molecule has 2 aromatic rings. The van der Waals surface area contributed by atoms with Crippen molar-refractivity contribution < 1.29 is 9.18 Å². The Morgan fingerprint density at radius 2 is 1.90 bits per heavy atom. The summed E-state index contributed by atoms with van der Waals surface area (Å²) in [5, 5.41) is 3.63. The average molecular weight is 307 g/mol. The minimum Gasteiger partial charge on any atom is -0.385 e. The monoisotopic (exact) mass is 306 g/mol. The molecular formula is C16H16ClFN2O. The molecule has 0 unspecified atom stereocenters. The molecule has 0 bridgehead atoms. The Balaban J connectivity index is 2.34. The first-order chi connectivity index (χ1) is 10.0. The van der Waals surface area contributed by atoms with E-state index in [1.54, 1.807) is 37.4 Å². The second-order valence-corrected chi connectivity index (χ2v) is 5.00. The zero-order valence-electron chi connectivity index (χ0n) is 11.9. The molecule has 5 heteroatoms. The second kappa shape index (κ2) is 6.59. The maximum absolute atomic E-state index is 13.0. The molecule has 0 atom stereocenters. The lowest BCUT2D eigenvalue weighted by molar-refractivity contribution is 0.0993. The van der Waals surface area contributed by atoms with E-state index in [-0.39, 0.29) is 11.7 Å². The van der Waals surface area contributed by atoms with Gasteiger partial charge in [0.05, 0.1) is 5.56 Å². The summed E-state index contributed by atoms with van der Waals surface area (Å²) in [5.74, 6) is -0.546. The van der Waals surface area contributed by atoms with E-state index in [0.29, 0.717) is 22.8 Å². The van der Waals surface area contributed by atoms with Crippen LogP contribution in [0.15, 0.2) is 42.5 Å². The van der Waals surface area contributed by atoms with Gasteiger partial charge in [0.2, 0.25) is 0 Å². The first-order valence-electron chi connectivity index (χ1n) is 6.60. The second-order valence-electron chi connectivity index (χ2n) is 4.56. The van der Waals surface area contributed by atoms with Gasteiger partial charge in [-0.25, -0.2) is 4.39 Å². The molecule has 2 aromatic carbocycles. The Bertz CT molecular complexity index is 643. The lowest BCUT2D eigenvalue weighted by atomic mass is 10.1. The lowest BCUT2D eigenvalue weighted by Crippen LogP contribution is -2.27. The number of carbonyl (C=O) groups is 1. The molecule has 0 fully saturated rings. The largest absolute Gasteiger partial charge is 0.385 e. The fourth-order valence-corrected chi connectivity index (χ4v) is 2.17. The summed E-state index contributed by atoms with van der Waals surface area (Å²) < 4.78 is 13.0. The number of nitrogens with zero attached hydrogens (tertiary/aromatic N) is 1. The molecule has 110 valence electrons. The van der Waals surface area contributed by atoms with Crippen LogP contribution in [0.25, 0.3) is 0 Å². The number of anilines is 2. The van der Waals surface area contributed by atoms with Crippen molar-refractivity contribution in [1.82, 2.24) is 0 Å². The first kappa shape index (κ1) is 15.3. The Hall–Kier alpha value is -2.07. The fourth-order valence-electron chi connectivity index (χ4n) is 2.00. The van der Waals surface area contributed by atoms with Crippen molar-refractivity contribution in [2.45, 2.75) is 6.92 Å². The standard InChI is InChI=1S/C16H16ClFN2O/c1-3-19-15-9-4-11(17)10-14(15)16(21)20(2)13-7-5-12(18)6-8-13/h4-10,19H,3H2,1-2H3. The quantitative estimate of drug-likeness (QED) is 0.918. The van der Waals surface area contributed by atoms with Crippen LogP contribution in [0.5, 0.6) is 0 Å². The van der Waals surface area contributed by atoms with Gasteiger partial charge in [-0.3, -0.25) is 4.79 Å². The van der Waals surface area contributed by atoms with Crippen LogP contribution in [-0.4, -0.2) is 19.5 Å². The molecular weight excluding hydrogens is 291 g/mol. The first-order valence-corrected chi connectivity index (χ1v) is 6.97. The van der Waals surface area contributed by atoms with Crippen molar-refractivity contribution in [2.75, 3.05) is 23.8 Å². The van der Waals surface area contributed by atoms with Gasteiger partial charge >= 0.3 is 0 Å². The van der Waals surface area contributed by atoms with Crippen molar-refractivity contribution in [3.63, 3.8) is 0 Å². The minimum atomic E-state index is -0.337. The summed E-state index contributed by atoms with van der Waals surface area (Å²) in [6.45, 7) is 2.65. The van der Waals surface area contributed by atoms with Gasteiger partial charge in [-0.15, -0.1) is 0 Å². The predicted octanol–water partition coefficient (Wildman–Crippen LogP) is 4.19. The average Bonchev–Trinajstić information content (AvgIpc) is 2.48. The molecule has 0 heterocycles. The number of hydrogen-bond acceptors (Lipinski definition) is 2. The van der Waals surface area contributed by atoms with Gasteiger partial charge < -0.3 is 10.2 Å². The van der Waals surface area contributed by atoms with Crippen LogP contribution in [0.2, 0.25) is 5.02 Å². The SMILES string of the molecule is CCNc1ccc(Cl)cc1C(=O)N(C)c1ccc(F)cc1. The molecule has 0 aliphatic carbocycles. The van der Waals surface area contributed by atoms with Gasteiger partial charge in [-0.2, -0.15) is 0 Å². The molecule has 0 spiro atoms. The van der Waals surface area contributed by atoms with E-state index in [1.165, 1.54) is 17.0 Å². The normalized spacial score (nSPS) is 10.3. The Morgan fingerprint density at radius 3 is 2.52 bits per heavy atom. The molecule has 0 aromatic heterocycles. The summed E-state index contributed by atoms with van der Waals surface area (Å²) in [4.78, 5) is 14.1. The van der Waals surface area contributed by atoms with Crippen LogP contribution >= 0.6 is 11.6 Å². The highest BCUT2D eigenvalue weighted by atomic mass is 35.5. The Kier molecular flexibility index (Phi) is 4.81. The third-order valence-corrected chi connectivity index (χ3v) is 3.33. The van der Waals surface area contributed by atoms with E-state index >= 15 is 0 Å². The van der Waals surface area contributed by atoms with Gasteiger partial charge in [0.15, 0.2) is 0 Å². The van der Waals surface area contributed by atoms with Crippen LogP contribution in [0.3, 0.4) is 0 Å². The molecule has 0 aliphatic heterocycles. The van der Waals surface area contributed by atoms with Crippen LogP contribution in [-0.2, 0) is 0 Å². The summed E-state index contributed by atoms with van der Waals surface area (Å²) >= 11 is 5.98. The van der Waals surface area contributed by atoms with Crippen molar-refractivity contribution in [3.8, 4) is 0 Å². The van der Waals surface area contributed by atoms with Crippen molar-refractivity contribution in [1.29, 1.82) is 0 Å². The summed E-state index contributed by atoms with van der Waals surface area (Å²) in [5.41, 5.74) is 1.82. The topological polar surface area (TPSA) is 32.3 Å². The van der Waals surface area contributed by atoms with Crippen molar-refractivity contribution in [2.24, 2.45) is 0 Å². The molecule has 1 amide bonds. The Labute approximate surface area is 128 Å². The maximum Gasteiger partial charge on any atom is 0.260 e. The molecule has 0 aliphatic rings. The number of halogens is 2. The molecule has 0 saturated carbocycles. The third kappa shape index (κ3) is 3.52. The highest BCUT2D eigenvalue weighted by molar-refractivity contribution is 6.31. The van der Waals surface area contributed by atoms with E-state index in [2.05, 4.69) is 5.32 Å². The summed E-state index contributed by atoms with van der Waals surface area (Å²) in [7, 11) is 1.65. The molecule has 0 radical (unpaired) electrons. The van der Waals surface area contributed by atoms with Crippen LogP contribution in [0, 0.1) is 5.82 Å². The fraction of sp³-hybridized carbons (Fsp3) is 0.188. The number of hydrogen-bond donors (Lipinski definition) is 1. The zero-order valence-corrected chi connectivity index (χ0v) is 12.6. The van der Waals surface area contributed by atoms with E-state index in [0.717, 1.165) is 5.69 Å². The predicted molar refractivity (Wildman–Crippen MR) is 84.7 cm³/mol. The number of benzene rings is 2. The summed E-state index contributed by atoms with van der Waals surface area (Å²) in [6.07, 6.45) is 0. The van der Waals surface area contributed by atoms with E-state index in [4.69, 9.17) is 11.6 Å². The van der Waals surface area contributed by atoms with E-state index < -0.39 is 0 Å². The molecule has 1 N–H and O–H groups in total. The molecule has 21 heavy (non-hydrogen) atoms. The zero-order chi connectivity index (χ0) is 15.4. The summed E-state index contributed by atoms with van der Waals surface area (Å²) in [6, 6.07) is 10.9.